The van der Waals surface area contributed by atoms with E-state index in [1.807, 2.05) is 13.8 Å². The third-order valence-electron chi connectivity index (χ3n) is 1.13. The lowest BCUT2D eigenvalue weighted by Crippen LogP contribution is -2.31. The third kappa shape index (κ3) is 4.50. The maximum absolute atomic E-state index is 4.92. The van der Waals surface area contributed by atoms with Crippen LogP contribution in [0.15, 0.2) is 10.1 Å². The van der Waals surface area contributed by atoms with E-state index in [2.05, 4.69) is 15.4 Å². The van der Waals surface area contributed by atoms with Crippen LogP contribution in [-0.4, -0.2) is 31.6 Å². The van der Waals surface area contributed by atoms with Gasteiger partial charge in [0.1, 0.15) is 0 Å². The lowest BCUT2D eigenvalue weighted by Gasteiger charge is -2.08. The van der Waals surface area contributed by atoms with Crippen molar-refractivity contribution in [2.45, 2.75) is 13.8 Å². The van der Waals surface area contributed by atoms with Crippen LogP contribution in [0.4, 0.5) is 0 Å². The van der Waals surface area contributed by atoms with Gasteiger partial charge < -0.3 is 11.2 Å². The topological polar surface area (TPSA) is 62.8 Å². The summed E-state index contributed by atoms with van der Waals surface area (Å²) in [6.45, 7) is 6.59. The van der Waals surface area contributed by atoms with Crippen LogP contribution in [0.3, 0.4) is 0 Å². The Morgan fingerprint density at radius 2 is 2.45 bits per heavy atom. The Bertz CT molecular complexity index is 144. The summed E-state index contributed by atoms with van der Waals surface area (Å²) in [5, 5.41) is 6.51. The van der Waals surface area contributed by atoms with Gasteiger partial charge in [0.25, 0.3) is 0 Å². The fourth-order valence-electron chi connectivity index (χ4n) is 0.723. The van der Waals surface area contributed by atoms with E-state index in [0.29, 0.717) is 0 Å². The normalized spacial score (nSPS) is 17.1. The molecule has 0 saturated heterocycles. The molecule has 0 fully saturated rings. The monoisotopic (exact) mass is 158 g/mol. The van der Waals surface area contributed by atoms with Crippen molar-refractivity contribution in [3.63, 3.8) is 0 Å². The molecule has 1 aliphatic rings. The number of aliphatic imine (C=N–C) groups is 1. The quantitative estimate of drug-likeness (QED) is 0.326. The summed E-state index contributed by atoms with van der Waals surface area (Å²) in [7, 11) is 0. The van der Waals surface area contributed by atoms with Crippen LogP contribution in [0, 0.1) is 0 Å². The van der Waals surface area contributed by atoms with Crippen molar-refractivity contribution in [3.8, 4) is 0 Å². The maximum Gasteiger partial charge on any atom is 0.0689 e. The van der Waals surface area contributed by atoms with E-state index in [1.165, 1.54) is 0 Å². The Morgan fingerprint density at radius 1 is 1.73 bits per heavy atom. The molecule has 1 rings (SSSR count). The van der Waals surface area contributed by atoms with Gasteiger partial charge in [-0.05, 0) is 0 Å². The zero-order valence-electron chi connectivity index (χ0n) is 7.17. The van der Waals surface area contributed by atoms with Crippen molar-refractivity contribution >= 4 is 11.9 Å². The zero-order chi connectivity index (χ0) is 8.53. The third-order valence-corrected chi connectivity index (χ3v) is 1.13. The molecule has 0 atom stereocenters. The second-order valence-electron chi connectivity index (χ2n) is 1.83. The standard InChI is InChI=1S/C5H10N4.C2H6.H2/c6-9-4-5-3-7-1-2-8-5;1-2;/h4,7H,1-3,6H2;1-2H3;1H/b9-4-;;. The highest BCUT2D eigenvalue weighted by molar-refractivity contribution is 6.31. The molecule has 1 aliphatic heterocycles. The molecule has 0 bridgehead atoms. The van der Waals surface area contributed by atoms with Crippen molar-refractivity contribution in [1.82, 2.24) is 5.32 Å². The molecular formula is C7H18N4. The molecule has 1 heterocycles. The summed E-state index contributed by atoms with van der Waals surface area (Å²) >= 11 is 0. The van der Waals surface area contributed by atoms with E-state index in [4.69, 9.17) is 5.84 Å². The number of hydrazone groups is 1. The zero-order valence-corrected chi connectivity index (χ0v) is 7.17. The van der Waals surface area contributed by atoms with Crippen LogP contribution in [-0.2, 0) is 0 Å². The molecule has 0 saturated carbocycles. The van der Waals surface area contributed by atoms with Crippen LogP contribution in [0.2, 0.25) is 0 Å². The molecule has 0 aromatic heterocycles. The van der Waals surface area contributed by atoms with Crippen LogP contribution >= 0.6 is 0 Å². The maximum atomic E-state index is 4.92. The lowest BCUT2D eigenvalue weighted by atomic mass is 10.3. The molecule has 0 aromatic rings. The smallest absolute Gasteiger partial charge is 0.0689 e. The van der Waals surface area contributed by atoms with E-state index in [0.717, 1.165) is 25.3 Å². The van der Waals surface area contributed by atoms with Crippen LogP contribution in [0.25, 0.3) is 0 Å². The summed E-state index contributed by atoms with van der Waals surface area (Å²) in [6.07, 6.45) is 1.58. The van der Waals surface area contributed by atoms with E-state index >= 15 is 0 Å². The van der Waals surface area contributed by atoms with Crippen LogP contribution in [0.5, 0.6) is 0 Å². The predicted molar refractivity (Wildman–Crippen MR) is 51.3 cm³/mol. The van der Waals surface area contributed by atoms with Gasteiger partial charge >= 0.3 is 0 Å². The summed E-state index contributed by atoms with van der Waals surface area (Å²) < 4.78 is 0. The van der Waals surface area contributed by atoms with E-state index < -0.39 is 0 Å². The molecule has 0 aromatic carbocycles. The highest BCUT2D eigenvalue weighted by atomic mass is 15.1. The molecule has 0 aliphatic carbocycles. The molecular weight excluding hydrogens is 140 g/mol. The highest BCUT2D eigenvalue weighted by Gasteiger charge is 1.98. The molecule has 0 amide bonds. The Hall–Kier alpha value is -0.900. The van der Waals surface area contributed by atoms with Gasteiger partial charge in [0.05, 0.1) is 18.5 Å². The van der Waals surface area contributed by atoms with Gasteiger partial charge in [-0.15, -0.1) is 0 Å². The first-order chi connectivity index (χ1) is 5.43. The Labute approximate surface area is 69.1 Å². The van der Waals surface area contributed by atoms with Crippen molar-refractivity contribution in [3.05, 3.63) is 0 Å². The summed E-state index contributed by atoms with van der Waals surface area (Å²) in [6, 6.07) is 0. The minimum absolute atomic E-state index is 0. The summed E-state index contributed by atoms with van der Waals surface area (Å²) in [5.74, 6) is 4.92. The summed E-state index contributed by atoms with van der Waals surface area (Å²) in [5.41, 5.74) is 0.934. The highest BCUT2D eigenvalue weighted by Crippen LogP contribution is 1.80. The predicted octanol–water partition coefficient (Wildman–Crippen LogP) is 0.247. The molecule has 0 unspecified atom stereocenters. The van der Waals surface area contributed by atoms with Gasteiger partial charge in [0, 0.05) is 14.5 Å². The summed E-state index contributed by atoms with van der Waals surface area (Å²) in [4.78, 5) is 4.14. The van der Waals surface area contributed by atoms with E-state index in [1.54, 1.807) is 6.21 Å². The van der Waals surface area contributed by atoms with Gasteiger partial charge in [0.2, 0.25) is 0 Å². The van der Waals surface area contributed by atoms with Gasteiger partial charge in [-0.25, -0.2) is 0 Å². The lowest BCUT2D eigenvalue weighted by molar-refractivity contribution is 0.741. The second kappa shape index (κ2) is 7.21. The van der Waals surface area contributed by atoms with E-state index in [-0.39, 0.29) is 1.43 Å². The molecule has 4 nitrogen and oxygen atoms in total. The number of hydrogen-bond acceptors (Lipinski definition) is 4. The number of nitrogens with zero attached hydrogens (tertiary/aromatic N) is 2. The molecule has 11 heavy (non-hydrogen) atoms. The van der Waals surface area contributed by atoms with E-state index in [9.17, 15) is 0 Å². The average Bonchev–Trinajstić information content (AvgIpc) is 2.11. The second-order valence-corrected chi connectivity index (χ2v) is 1.83. The fourth-order valence-corrected chi connectivity index (χ4v) is 0.723. The van der Waals surface area contributed by atoms with Crippen LogP contribution < -0.4 is 11.2 Å². The number of nitrogens with two attached hydrogens (primary N) is 1. The number of rotatable bonds is 1. The first-order valence-electron chi connectivity index (χ1n) is 3.91. The molecule has 0 spiro atoms. The van der Waals surface area contributed by atoms with Gasteiger partial charge in [-0.3, -0.25) is 4.99 Å². The Morgan fingerprint density at radius 3 is 2.91 bits per heavy atom. The van der Waals surface area contributed by atoms with Gasteiger partial charge in [-0.2, -0.15) is 5.10 Å². The Kier molecular flexibility index (Phi) is 6.62. The van der Waals surface area contributed by atoms with Crippen molar-refractivity contribution in [1.29, 1.82) is 0 Å². The average molecular weight is 158 g/mol. The van der Waals surface area contributed by atoms with Gasteiger partial charge in [0.15, 0.2) is 0 Å². The first-order valence-corrected chi connectivity index (χ1v) is 3.91. The Balaban J connectivity index is 0. The minimum Gasteiger partial charge on any atom is -0.323 e. The molecule has 0 radical (unpaired) electrons. The van der Waals surface area contributed by atoms with Crippen molar-refractivity contribution in [2.75, 3.05) is 19.6 Å². The molecule has 3 N–H and O–H groups in total. The number of nitrogens with one attached hydrogen (secondary N) is 1. The van der Waals surface area contributed by atoms with Crippen molar-refractivity contribution < 1.29 is 1.43 Å². The van der Waals surface area contributed by atoms with Crippen molar-refractivity contribution in [2.24, 2.45) is 15.9 Å². The number of hydrogen-bond donors (Lipinski definition) is 2. The largest absolute Gasteiger partial charge is 0.323 e. The molecule has 4 heteroatoms. The SMILES string of the molecule is CC.N/N=C\C1=NCCNC1.[HH]. The molecule has 66 valence electrons. The first kappa shape index (κ1) is 10.1. The minimum atomic E-state index is 0. The van der Waals surface area contributed by atoms with Crippen LogP contribution in [0.1, 0.15) is 15.3 Å². The van der Waals surface area contributed by atoms with Gasteiger partial charge in [-0.1, -0.05) is 13.8 Å². The fraction of sp³-hybridized carbons (Fsp3) is 0.714.